The largest absolute Gasteiger partial charge is 0.494 e. The molecule has 8 heteroatoms. The summed E-state index contributed by atoms with van der Waals surface area (Å²) in [6, 6.07) is 14.0. The first-order valence-corrected chi connectivity index (χ1v) is 10.9. The highest BCUT2D eigenvalue weighted by atomic mass is 32.2. The van der Waals surface area contributed by atoms with Crippen molar-refractivity contribution in [2.45, 2.75) is 19.0 Å². The number of carbonyl (C=O) groups is 1. The SMILES string of the molecule is COc1ccc(C(=O)CSc2nnc(-c3ccncc3)n2-c2ccc(C)c(C)c2)cc1F. The second kappa shape index (κ2) is 9.32. The number of Topliss-reactive ketones (excluding diaryl/α,β-unsaturated/α-hetero) is 1. The first-order chi connectivity index (χ1) is 15.5. The number of ether oxygens (including phenoxy) is 1. The Morgan fingerprint density at radius 2 is 1.81 bits per heavy atom. The van der Waals surface area contributed by atoms with Crippen molar-refractivity contribution in [2.24, 2.45) is 0 Å². The molecule has 32 heavy (non-hydrogen) atoms. The number of thioether (sulfide) groups is 1. The molecule has 0 saturated carbocycles. The first kappa shape index (κ1) is 21.7. The van der Waals surface area contributed by atoms with Gasteiger partial charge in [-0.2, -0.15) is 0 Å². The van der Waals surface area contributed by atoms with Crippen molar-refractivity contribution in [1.29, 1.82) is 0 Å². The number of ketones is 1. The average molecular weight is 449 g/mol. The Kier molecular flexibility index (Phi) is 6.32. The fourth-order valence-electron chi connectivity index (χ4n) is 3.20. The maximum atomic E-state index is 14.0. The molecule has 0 amide bonds. The standard InChI is InChI=1S/C24H21FN4O2S/c1-15-4-6-19(12-16(15)2)29-23(17-8-10-26-11-9-17)27-28-24(29)32-14-21(30)18-5-7-22(31-3)20(25)13-18/h4-13H,14H2,1-3H3. The van der Waals surface area contributed by atoms with E-state index < -0.39 is 5.82 Å². The summed E-state index contributed by atoms with van der Waals surface area (Å²) in [4.78, 5) is 16.8. The maximum absolute atomic E-state index is 14.0. The third-order valence-corrected chi connectivity index (χ3v) is 6.06. The van der Waals surface area contributed by atoms with Crippen LogP contribution >= 0.6 is 11.8 Å². The zero-order valence-corrected chi connectivity index (χ0v) is 18.7. The lowest BCUT2D eigenvalue weighted by Gasteiger charge is -2.12. The molecule has 0 bridgehead atoms. The lowest BCUT2D eigenvalue weighted by Crippen LogP contribution is -2.06. The smallest absolute Gasteiger partial charge is 0.196 e. The summed E-state index contributed by atoms with van der Waals surface area (Å²) in [5.74, 6) is 0.0653. The van der Waals surface area contributed by atoms with E-state index >= 15 is 0 Å². The molecule has 0 spiro atoms. The van der Waals surface area contributed by atoms with E-state index in [0.717, 1.165) is 16.8 Å². The van der Waals surface area contributed by atoms with E-state index in [1.807, 2.05) is 35.8 Å². The summed E-state index contributed by atoms with van der Waals surface area (Å²) in [6.45, 7) is 4.10. The number of aromatic nitrogens is 4. The number of benzene rings is 2. The predicted molar refractivity (Wildman–Crippen MR) is 122 cm³/mol. The Morgan fingerprint density at radius 3 is 2.50 bits per heavy atom. The number of pyridine rings is 1. The number of carbonyl (C=O) groups excluding carboxylic acids is 1. The molecule has 0 aliphatic rings. The number of halogens is 1. The molecule has 0 fully saturated rings. The van der Waals surface area contributed by atoms with Gasteiger partial charge in [-0.05, 0) is 67.4 Å². The first-order valence-electron chi connectivity index (χ1n) is 9.91. The topological polar surface area (TPSA) is 69.9 Å². The van der Waals surface area contributed by atoms with E-state index in [1.165, 1.54) is 36.6 Å². The van der Waals surface area contributed by atoms with Gasteiger partial charge in [-0.25, -0.2) is 4.39 Å². The normalized spacial score (nSPS) is 10.9. The van der Waals surface area contributed by atoms with Crippen LogP contribution < -0.4 is 4.74 Å². The van der Waals surface area contributed by atoms with Gasteiger partial charge in [-0.3, -0.25) is 14.3 Å². The van der Waals surface area contributed by atoms with Crippen LogP contribution in [-0.4, -0.2) is 38.4 Å². The third kappa shape index (κ3) is 4.40. The van der Waals surface area contributed by atoms with Crippen LogP contribution in [0.5, 0.6) is 5.75 Å². The summed E-state index contributed by atoms with van der Waals surface area (Å²) >= 11 is 1.26. The zero-order chi connectivity index (χ0) is 22.7. The number of hydrogen-bond acceptors (Lipinski definition) is 6. The van der Waals surface area contributed by atoms with Crippen molar-refractivity contribution in [3.63, 3.8) is 0 Å². The van der Waals surface area contributed by atoms with Gasteiger partial charge in [0.15, 0.2) is 28.3 Å². The van der Waals surface area contributed by atoms with Crippen LogP contribution in [0.3, 0.4) is 0 Å². The van der Waals surface area contributed by atoms with Crippen molar-refractivity contribution in [3.05, 3.63) is 83.4 Å². The van der Waals surface area contributed by atoms with Gasteiger partial charge in [0.1, 0.15) is 0 Å². The van der Waals surface area contributed by atoms with Gasteiger partial charge in [-0.1, -0.05) is 17.8 Å². The van der Waals surface area contributed by atoms with Gasteiger partial charge >= 0.3 is 0 Å². The van der Waals surface area contributed by atoms with E-state index in [0.29, 0.717) is 11.0 Å². The minimum atomic E-state index is -0.568. The Bertz CT molecular complexity index is 1270. The molecule has 0 N–H and O–H groups in total. The second-order valence-electron chi connectivity index (χ2n) is 7.21. The van der Waals surface area contributed by atoms with Crippen LogP contribution in [0.15, 0.2) is 66.1 Å². The van der Waals surface area contributed by atoms with Crippen LogP contribution in [0, 0.1) is 19.7 Å². The molecule has 0 saturated heterocycles. The lowest BCUT2D eigenvalue weighted by atomic mass is 10.1. The minimum absolute atomic E-state index is 0.0884. The molecule has 0 aliphatic carbocycles. The molecule has 0 unspecified atom stereocenters. The Hall–Kier alpha value is -3.52. The van der Waals surface area contributed by atoms with Crippen molar-refractivity contribution in [3.8, 4) is 22.8 Å². The number of hydrogen-bond donors (Lipinski definition) is 0. The predicted octanol–water partition coefficient (Wildman–Crippen LogP) is 5.07. The van der Waals surface area contributed by atoms with E-state index in [4.69, 9.17) is 4.74 Å². The van der Waals surface area contributed by atoms with Gasteiger partial charge in [0.25, 0.3) is 0 Å². The van der Waals surface area contributed by atoms with E-state index in [1.54, 1.807) is 18.5 Å². The number of rotatable bonds is 7. The van der Waals surface area contributed by atoms with Crippen molar-refractivity contribution >= 4 is 17.5 Å². The Labute approximate surface area is 189 Å². The van der Waals surface area contributed by atoms with Crippen molar-refractivity contribution < 1.29 is 13.9 Å². The quantitative estimate of drug-likeness (QED) is 0.290. The molecular weight excluding hydrogens is 427 g/mol. The van der Waals surface area contributed by atoms with Gasteiger partial charge in [0, 0.05) is 23.5 Å². The van der Waals surface area contributed by atoms with E-state index in [2.05, 4.69) is 28.2 Å². The van der Waals surface area contributed by atoms with Crippen LogP contribution in [0.25, 0.3) is 17.1 Å². The molecule has 0 radical (unpaired) electrons. The highest BCUT2D eigenvalue weighted by molar-refractivity contribution is 7.99. The van der Waals surface area contributed by atoms with Crippen LogP contribution in [-0.2, 0) is 0 Å². The lowest BCUT2D eigenvalue weighted by molar-refractivity contribution is 0.102. The van der Waals surface area contributed by atoms with Crippen molar-refractivity contribution in [2.75, 3.05) is 12.9 Å². The van der Waals surface area contributed by atoms with Crippen LogP contribution in [0.1, 0.15) is 21.5 Å². The van der Waals surface area contributed by atoms with Gasteiger partial charge < -0.3 is 4.74 Å². The van der Waals surface area contributed by atoms with Gasteiger partial charge in [-0.15, -0.1) is 10.2 Å². The number of nitrogens with zero attached hydrogens (tertiary/aromatic N) is 4. The van der Waals surface area contributed by atoms with E-state index in [9.17, 15) is 9.18 Å². The van der Waals surface area contributed by atoms with Crippen LogP contribution in [0.4, 0.5) is 4.39 Å². The molecule has 2 aromatic heterocycles. The highest BCUT2D eigenvalue weighted by Crippen LogP contribution is 2.29. The van der Waals surface area contributed by atoms with Gasteiger partial charge in [0.2, 0.25) is 0 Å². The molecular formula is C24H21FN4O2S. The monoisotopic (exact) mass is 448 g/mol. The summed E-state index contributed by atoms with van der Waals surface area (Å²) in [5.41, 5.74) is 4.36. The fraction of sp³-hybridized carbons (Fsp3) is 0.167. The zero-order valence-electron chi connectivity index (χ0n) is 17.9. The Balaban J connectivity index is 1.66. The fourth-order valence-corrected chi connectivity index (χ4v) is 4.05. The molecule has 162 valence electrons. The summed E-state index contributed by atoms with van der Waals surface area (Å²) in [7, 11) is 1.38. The number of methoxy groups -OCH3 is 1. The summed E-state index contributed by atoms with van der Waals surface area (Å²) in [6.07, 6.45) is 3.40. The second-order valence-corrected chi connectivity index (χ2v) is 8.15. The number of aryl methyl sites for hydroxylation is 2. The molecule has 6 nitrogen and oxygen atoms in total. The molecule has 4 aromatic rings. The Morgan fingerprint density at radius 1 is 1.03 bits per heavy atom. The third-order valence-electron chi connectivity index (χ3n) is 5.13. The molecule has 2 heterocycles. The molecule has 2 aromatic carbocycles. The van der Waals surface area contributed by atoms with E-state index in [-0.39, 0.29) is 22.8 Å². The highest BCUT2D eigenvalue weighted by Gasteiger charge is 2.19. The molecule has 4 rings (SSSR count). The molecule has 0 atom stereocenters. The summed E-state index contributed by atoms with van der Waals surface area (Å²) in [5, 5.41) is 9.29. The molecule has 0 aliphatic heterocycles. The van der Waals surface area contributed by atoms with Gasteiger partial charge in [0.05, 0.1) is 18.6 Å². The van der Waals surface area contributed by atoms with Crippen LogP contribution in [0.2, 0.25) is 0 Å². The maximum Gasteiger partial charge on any atom is 0.196 e. The summed E-state index contributed by atoms with van der Waals surface area (Å²) < 4.78 is 20.8. The minimum Gasteiger partial charge on any atom is -0.494 e. The van der Waals surface area contributed by atoms with Crippen molar-refractivity contribution in [1.82, 2.24) is 19.7 Å². The average Bonchev–Trinajstić information content (AvgIpc) is 3.23.